The summed E-state index contributed by atoms with van der Waals surface area (Å²) in [6, 6.07) is 1.92. The molecular formula is C14H19N3O4. The predicted molar refractivity (Wildman–Crippen MR) is 75.9 cm³/mol. The van der Waals surface area contributed by atoms with Crippen LogP contribution in [0.25, 0.3) is 0 Å². The van der Waals surface area contributed by atoms with Crippen molar-refractivity contribution < 1.29 is 19.1 Å². The van der Waals surface area contributed by atoms with Crippen LogP contribution in [-0.4, -0.2) is 28.8 Å². The molecule has 1 aromatic rings. The van der Waals surface area contributed by atoms with Gasteiger partial charge in [-0.15, -0.1) is 0 Å². The Bertz CT molecular complexity index is 591. The van der Waals surface area contributed by atoms with Crippen molar-refractivity contribution in [2.45, 2.75) is 33.3 Å². The number of nitriles is 1. The third kappa shape index (κ3) is 4.24. The van der Waals surface area contributed by atoms with Crippen LogP contribution in [0.1, 0.15) is 43.7 Å². The molecule has 1 N–H and O–H groups in total. The molecule has 7 nitrogen and oxygen atoms in total. The van der Waals surface area contributed by atoms with Gasteiger partial charge in [-0.25, -0.2) is 9.59 Å². The lowest BCUT2D eigenvalue weighted by molar-refractivity contribution is 0.0516. The van der Waals surface area contributed by atoms with E-state index in [1.165, 1.54) is 10.8 Å². The Morgan fingerprint density at radius 1 is 1.43 bits per heavy atom. The van der Waals surface area contributed by atoms with Crippen molar-refractivity contribution in [1.82, 2.24) is 4.57 Å². The minimum Gasteiger partial charge on any atom is -0.461 e. The summed E-state index contributed by atoms with van der Waals surface area (Å²) in [7, 11) is 1.59. The normalized spacial score (nSPS) is 10.7. The Morgan fingerprint density at radius 2 is 2.05 bits per heavy atom. The van der Waals surface area contributed by atoms with E-state index in [0.29, 0.717) is 0 Å². The fourth-order valence-corrected chi connectivity index (χ4v) is 1.69. The number of anilines is 1. The molecule has 21 heavy (non-hydrogen) atoms. The maximum Gasteiger partial charge on any atom is 0.412 e. The van der Waals surface area contributed by atoms with E-state index in [9.17, 15) is 9.59 Å². The van der Waals surface area contributed by atoms with Crippen molar-refractivity contribution in [3.05, 3.63) is 17.5 Å². The molecule has 1 amide bonds. The first-order valence-corrected chi connectivity index (χ1v) is 6.46. The summed E-state index contributed by atoms with van der Waals surface area (Å²) < 4.78 is 11.5. The van der Waals surface area contributed by atoms with E-state index >= 15 is 0 Å². The van der Waals surface area contributed by atoms with E-state index in [2.05, 4.69) is 5.32 Å². The molecule has 0 saturated heterocycles. The van der Waals surface area contributed by atoms with Crippen molar-refractivity contribution in [1.29, 1.82) is 5.26 Å². The van der Waals surface area contributed by atoms with Crippen LogP contribution in [0.5, 0.6) is 0 Å². The average Bonchev–Trinajstić information content (AvgIpc) is 2.63. The second-order valence-corrected chi connectivity index (χ2v) is 5.34. The summed E-state index contributed by atoms with van der Waals surface area (Å²) in [6.07, 6.45) is 0.703. The highest BCUT2D eigenvalue weighted by Crippen LogP contribution is 2.24. The number of aromatic nitrogens is 1. The Kier molecular flexibility index (Phi) is 4.97. The second-order valence-electron chi connectivity index (χ2n) is 5.34. The third-order valence-corrected chi connectivity index (χ3v) is 2.40. The maximum atomic E-state index is 11.9. The number of carbonyl (C=O) groups is 2. The topological polar surface area (TPSA) is 93.3 Å². The standard InChI is InChI=1S/C14H19N3O4/c1-6-20-12(18)11-10(9(7-15)8-17(11)5)16-13(19)21-14(2,3)4/h8H,6H2,1-5H3,(H,16,19). The Balaban J connectivity index is 3.13. The van der Waals surface area contributed by atoms with Gasteiger partial charge < -0.3 is 14.0 Å². The number of hydrogen-bond acceptors (Lipinski definition) is 5. The Labute approximate surface area is 123 Å². The van der Waals surface area contributed by atoms with E-state index in [4.69, 9.17) is 14.7 Å². The zero-order chi connectivity index (χ0) is 16.2. The maximum absolute atomic E-state index is 11.9. The number of ether oxygens (including phenoxy) is 2. The van der Waals surface area contributed by atoms with Crippen LogP contribution < -0.4 is 5.32 Å². The van der Waals surface area contributed by atoms with E-state index < -0.39 is 17.7 Å². The molecule has 0 unspecified atom stereocenters. The van der Waals surface area contributed by atoms with Gasteiger partial charge in [-0.1, -0.05) is 0 Å². The molecule has 114 valence electrons. The van der Waals surface area contributed by atoms with Crippen LogP contribution in [0.2, 0.25) is 0 Å². The molecule has 0 aliphatic rings. The van der Waals surface area contributed by atoms with Crippen molar-refractivity contribution in [3.63, 3.8) is 0 Å². The van der Waals surface area contributed by atoms with Gasteiger partial charge in [-0.2, -0.15) is 5.26 Å². The monoisotopic (exact) mass is 293 g/mol. The smallest absolute Gasteiger partial charge is 0.412 e. The predicted octanol–water partition coefficient (Wildman–Crippen LogP) is 2.42. The molecule has 0 fully saturated rings. The highest BCUT2D eigenvalue weighted by atomic mass is 16.6. The van der Waals surface area contributed by atoms with Crippen LogP contribution in [-0.2, 0) is 16.5 Å². The lowest BCUT2D eigenvalue weighted by Gasteiger charge is -2.19. The molecule has 1 heterocycles. The second kappa shape index (κ2) is 6.31. The van der Waals surface area contributed by atoms with Gasteiger partial charge in [0, 0.05) is 13.2 Å². The van der Waals surface area contributed by atoms with Gasteiger partial charge in [0.1, 0.15) is 11.7 Å². The molecule has 7 heteroatoms. The van der Waals surface area contributed by atoms with E-state index in [-0.39, 0.29) is 23.6 Å². The van der Waals surface area contributed by atoms with Gasteiger partial charge in [0.05, 0.1) is 17.9 Å². The van der Waals surface area contributed by atoms with E-state index in [0.717, 1.165) is 0 Å². The number of nitrogens with zero attached hydrogens (tertiary/aromatic N) is 2. The van der Waals surface area contributed by atoms with Crippen molar-refractivity contribution in [3.8, 4) is 6.07 Å². The van der Waals surface area contributed by atoms with Gasteiger partial charge in [0.2, 0.25) is 0 Å². The fraction of sp³-hybridized carbons (Fsp3) is 0.500. The molecule has 0 saturated carbocycles. The number of esters is 1. The molecule has 0 aromatic carbocycles. The molecule has 1 aromatic heterocycles. The largest absolute Gasteiger partial charge is 0.461 e. The van der Waals surface area contributed by atoms with Crippen molar-refractivity contribution >= 4 is 17.7 Å². The summed E-state index contributed by atoms with van der Waals surface area (Å²) in [6.45, 7) is 7.02. The first-order valence-electron chi connectivity index (χ1n) is 6.46. The summed E-state index contributed by atoms with van der Waals surface area (Å²) >= 11 is 0. The molecule has 0 atom stereocenters. The van der Waals surface area contributed by atoms with E-state index in [1.54, 1.807) is 34.7 Å². The van der Waals surface area contributed by atoms with Gasteiger partial charge in [0.25, 0.3) is 0 Å². The van der Waals surface area contributed by atoms with Crippen LogP contribution >= 0.6 is 0 Å². The van der Waals surface area contributed by atoms with Crippen LogP contribution in [0.3, 0.4) is 0 Å². The van der Waals surface area contributed by atoms with Crippen molar-refractivity contribution in [2.24, 2.45) is 7.05 Å². The van der Waals surface area contributed by atoms with E-state index in [1.807, 2.05) is 6.07 Å². The molecule has 1 rings (SSSR count). The molecule has 0 aliphatic heterocycles. The molecule has 0 spiro atoms. The lowest BCUT2D eigenvalue weighted by atomic mass is 10.2. The average molecular weight is 293 g/mol. The molecule has 0 radical (unpaired) electrons. The zero-order valence-corrected chi connectivity index (χ0v) is 12.8. The highest BCUT2D eigenvalue weighted by molar-refractivity contribution is 6.00. The van der Waals surface area contributed by atoms with Gasteiger partial charge >= 0.3 is 12.1 Å². The SMILES string of the molecule is CCOC(=O)c1c(NC(=O)OC(C)(C)C)c(C#N)cn1C. The minimum atomic E-state index is -0.740. The molecule has 0 bridgehead atoms. The number of hydrogen-bond donors (Lipinski definition) is 1. The van der Waals surface area contributed by atoms with Crippen molar-refractivity contribution in [2.75, 3.05) is 11.9 Å². The number of aryl methyl sites for hydroxylation is 1. The Hall–Kier alpha value is -2.49. The summed E-state index contributed by atoms with van der Waals surface area (Å²) in [5.41, 5.74) is -0.339. The zero-order valence-electron chi connectivity index (χ0n) is 12.8. The number of nitrogens with one attached hydrogen (secondary N) is 1. The van der Waals surface area contributed by atoms with Gasteiger partial charge in [-0.05, 0) is 27.7 Å². The van der Waals surface area contributed by atoms with Crippen LogP contribution in [0, 0.1) is 11.3 Å². The summed E-state index contributed by atoms with van der Waals surface area (Å²) in [5.74, 6) is -0.618. The summed E-state index contributed by atoms with van der Waals surface area (Å²) in [4.78, 5) is 23.8. The molecular weight excluding hydrogens is 274 g/mol. The molecule has 0 aliphatic carbocycles. The summed E-state index contributed by atoms with van der Waals surface area (Å²) in [5, 5.41) is 11.5. The highest BCUT2D eigenvalue weighted by Gasteiger charge is 2.25. The number of carbonyl (C=O) groups excluding carboxylic acids is 2. The quantitative estimate of drug-likeness (QED) is 0.864. The van der Waals surface area contributed by atoms with Crippen LogP contribution in [0.4, 0.5) is 10.5 Å². The fourth-order valence-electron chi connectivity index (χ4n) is 1.69. The first kappa shape index (κ1) is 16.6. The first-order chi connectivity index (χ1) is 9.69. The number of amides is 1. The number of rotatable bonds is 3. The van der Waals surface area contributed by atoms with Gasteiger partial charge in [-0.3, -0.25) is 5.32 Å². The third-order valence-electron chi connectivity index (χ3n) is 2.40. The Morgan fingerprint density at radius 3 is 2.52 bits per heavy atom. The minimum absolute atomic E-state index is 0.0905. The van der Waals surface area contributed by atoms with Crippen LogP contribution in [0.15, 0.2) is 6.20 Å². The van der Waals surface area contributed by atoms with Gasteiger partial charge in [0.15, 0.2) is 5.69 Å². The lowest BCUT2D eigenvalue weighted by Crippen LogP contribution is -2.28.